The molecule has 0 bridgehead atoms. The Morgan fingerprint density at radius 3 is 3.04 bits per heavy atom. The van der Waals surface area contributed by atoms with Crippen LogP contribution >= 0.6 is 12.2 Å². The molecule has 2 aliphatic heterocycles. The molecule has 3 heterocycles. The van der Waals surface area contributed by atoms with Crippen molar-refractivity contribution >= 4 is 12.2 Å². The van der Waals surface area contributed by atoms with E-state index in [1.165, 1.54) is 0 Å². The number of hydrogen-bond donors (Lipinski definition) is 0. The Kier molecular flexibility index (Phi) is 3.80. The average Bonchev–Trinajstić information content (AvgIpc) is 3.14. The van der Waals surface area contributed by atoms with Gasteiger partial charge in [0.05, 0.1) is 19.4 Å². The van der Waals surface area contributed by atoms with Crippen molar-refractivity contribution in [2.75, 3.05) is 26.5 Å². The molecule has 2 aromatic rings. The molecular weight excluding hydrogens is 318 g/mol. The molecular formula is C15H17N3O4S. The zero-order valence-corrected chi connectivity index (χ0v) is 13.5. The fourth-order valence-corrected chi connectivity index (χ4v) is 2.93. The Balaban J connectivity index is 1.56. The summed E-state index contributed by atoms with van der Waals surface area (Å²) in [5.41, 5.74) is 0.814. The Morgan fingerprint density at radius 1 is 1.30 bits per heavy atom. The van der Waals surface area contributed by atoms with Crippen molar-refractivity contribution in [1.29, 1.82) is 0 Å². The van der Waals surface area contributed by atoms with Gasteiger partial charge in [-0.25, -0.2) is 4.68 Å². The van der Waals surface area contributed by atoms with Crippen LogP contribution in [0.2, 0.25) is 0 Å². The van der Waals surface area contributed by atoms with Crippen molar-refractivity contribution < 1.29 is 18.6 Å². The average molecular weight is 335 g/mol. The quantitative estimate of drug-likeness (QED) is 0.797. The van der Waals surface area contributed by atoms with E-state index in [-0.39, 0.29) is 12.9 Å². The number of fused-ring (bicyclic) bond motifs is 1. The number of ether oxygens (including phenoxy) is 3. The highest BCUT2D eigenvalue weighted by atomic mass is 32.1. The molecule has 1 aromatic heterocycles. The lowest BCUT2D eigenvalue weighted by molar-refractivity contribution is -0.0309. The minimum absolute atomic E-state index is 0.221. The van der Waals surface area contributed by atoms with Crippen molar-refractivity contribution in [2.24, 2.45) is 0 Å². The molecule has 0 saturated carbocycles. The van der Waals surface area contributed by atoms with Gasteiger partial charge < -0.3 is 18.6 Å². The van der Waals surface area contributed by atoms with Gasteiger partial charge in [-0.3, -0.25) is 4.90 Å². The van der Waals surface area contributed by atoms with Crippen molar-refractivity contribution in [1.82, 2.24) is 14.7 Å². The molecule has 1 fully saturated rings. The molecule has 7 nitrogen and oxygen atoms in total. The molecule has 0 amide bonds. The SMILES string of the molecule is C[C@H]1CN(Cn2nc(-c3ccc4c(c3)OCO4)oc2=S)CCO1. The van der Waals surface area contributed by atoms with Gasteiger partial charge in [-0.15, -0.1) is 5.10 Å². The second kappa shape index (κ2) is 5.95. The smallest absolute Gasteiger partial charge is 0.288 e. The summed E-state index contributed by atoms with van der Waals surface area (Å²) in [6.07, 6.45) is 0.221. The topological polar surface area (TPSA) is 61.9 Å². The van der Waals surface area contributed by atoms with Gasteiger partial charge in [0, 0.05) is 18.7 Å². The predicted octanol–water partition coefficient (Wildman–Crippen LogP) is 2.28. The third-order valence-electron chi connectivity index (χ3n) is 3.88. The van der Waals surface area contributed by atoms with E-state index in [2.05, 4.69) is 16.9 Å². The summed E-state index contributed by atoms with van der Waals surface area (Å²) in [7, 11) is 0. The van der Waals surface area contributed by atoms with Crippen LogP contribution in [-0.4, -0.2) is 47.3 Å². The maximum atomic E-state index is 5.64. The maximum Gasteiger partial charge on any atom is 0.288 e. The molecule has 0 radical (unpaired) electrons. The fraction of sp³-hybridized carbons (Fsp3) is 0.467. The lowest BCUT2D eigenvalue weighted by Crippen LogP contribution is -2.42. The minimum Gasteiger partial charge on any atom is -0.454 e. The van der Waals surface area contributed by atoms with E-state index in [4.69, 9.17) is 30.8 Å². The Labute approximate surface area is 138 Å². The summed E-state index contributed by atoms with van der Waals surface area (Å²) in [5, 5.41) is 4.49. The van der Waals surface area contributed by atoms with Gasteiger partial charge in [-0.1, -0.05) is 0 Å². The molecule has 1 aromatic carbocycles. The van der Waals surface area contributed by atoms with E-state index in [0.29, 0.717) is 23.1 Å². The number of nitrogens with zero attached hydrogens (tertiary/aromatic N) is 3. The summed E-state index contributed by atoms with van der Waals surface area (Å²) < 4.78 is 23.6. The molecule has 23 heavy (non-hydrogen) atoms. The van der Waals surface area contributed by atoms with E-state index in [1.807, 2.05) is 18.2 Å². The van der Waals surface area contributed by atoms with Crippen LogP contribution in [0, 0.1) is 4.84 Å². The highest BCUT2D eigenvalue weighted by molar-refractivity contribution is 7.71. The van der Waals surface area contributed by atoms with Gasteiger partial charge in [0.15, 0.2) is 11.5 Å². The minimum atomic E-state index is 0.221. The van der Waals surface area contributed by atoms with Crippen molar-refractivity contribution in [3.05, 3.63) is 23.0 Å². The highest BCUT2D eigenvalue weighted by Gasteiger charge is 2.20. The molecule has 4 rings (SSSR count). The molecule has 1 saturated heterocycles. The van der Waals surface area contributed by atoms with Crippen LogP contribution in [-0.2, 0) is 11.4 Å². The van der Waals surface area contributed by atoms with Gasteiger partial charge >= 0.3 is 0 Å². The summed E-state index contributed by atoms with van der Waals surface area (Å²) in [4.78, 5) is 2.60. The first-order valence-electron chi connectivity index (χ1n) is 7.51. The van der Waals surface area contributed by atoms with Crippen LogP contribution in [0.15, 0.2) is 22.6 Å². The molecule has 0 N–H and O–H groups in total. The van der Waals surface area contributed by atoms with E-state index in [9.17, 15) is 0 Å². The number of rotatable bonds is 3. The van der Waals surface area contributed by atoms with Crippen LogP contribution in [0.3, 0.4) is 0 Å². The number of aromatic nitrogens is 2. The van der Waals surface area contributed by atoms with E-state index < -0.39 is 0 Å². The Bertz CT molecular complexity index is 772. The molecule has 1 atom stereocenters. The fourth-order valence-electron chi connectivity index (χ4n) is 2.75. The largest absolute Gasteiger partial charge is 0.454 e. The van der Waals surface area contributed by atoms with Crippen LogP contribution < -0.4 is 9.47 Å². The van der Waals surface area contributed by atoms with Gasteiger partial charge in [0.25, 0.3) is 4.84 Å². The third-order valence-corrected chi connectivity index (χ3v) is 4.18. The number of benzene rings is 1. The van der Waals surface area contributed by atoms with E-state index >= 15 is 0 Å². The Morgan fingerprint density at radius 2 is 2.17 bits per heavy atom. The van der Waals surface area contributed by atoms with Gasteiger partial charge in [0.2, 0.25) is 12.7 Å². The summed E-state index contributed by atoms with van der Waals surface area (Å²) >= 11 is 5.29. The highest BCUT2D eigenvalue weighted by Crippen LogP contribution is 2.35. The third kappa shape index (κ3) is 2.97. The molecule has 2 aliphatic rings. The van der Waals surface area contributed by atoms with Crippen LogP contribution in [0.4, 0.5) is 0 Å². The first-order valence-corrected chi connectivity index (χ1v) is 7.92. The molecule has 122 valence electrons. The first-order chi connectivity index (χ1) is 11.2. The summed E-state index contributed by atoms with van der Waals surface area (Å²) in [6, 6.07) is 5.58. The van der Waals surface area contributed by atoms with E-state index in [0.717, 1.165) is 31.0 Å². The normalized spacial score (nSPS) is 20.8. The lowest BCUT2D eigenvalue weighted by Gasteiger charge is -2.30. The van der Waals surface area contributed by atoms with Crippen LogP contribution in [0.25, 0.3) is 11.5 Å². The molecule has 0 spiro atoms. The molecule has 8 heteroatoms. The number of hydrogen-bond acceptors (Lipinski definition) is 7. The molecule has 0 unspecified atom stereocenters. The second-order valence-corrected chi connectivity index (χ2v) is 5.99. The standard InChI is InChI=1S/C15H17N3O4S/c1-10-7-17(4-5-19-10)8-18-15(23)22-14(16-18)11-2-3-12-13(6-11)21-9-20-12/h2-3,6,10H,4-5,7-9H2,1H3/t10-/m0/s1. The monoisotopic (exact) mass is 335 g/mol. The zero-order valence-electron chi connectivity index (χ0n) is 12.7. The maximum absolute atomic E-state index is 5.64. The molecule has 0 aliphatic carbocycles. The van der Waals surface area contributed by atoms with Crippen LogP contribution in [0.1, 0.15) is 6.92 Å². The van der Waals surface area contributed by atoms with Gasteiger partial charge in [-0.05, 0) is 37.3 Å². The first kappa shape index (κ1) is 14.7. The predicted molar refractivity (Wildman–Crippen MR) is 83.9 cm³/mol. The van der Waals surface area contributed by atoms with Crippen LogP contribution in [0.5, 0.6) is 11.5 Å². The van der Waals surface area contributed by atoms with Crippen molar-refractivity contribution in [3.8, 4) is 23.0 Å². The van der Waals surface area contributed by atoms with Gasteiger partial charge in [-0.2, -0.15) is 0 Å². The lowest BCUT2D eigenvalue weighted by atomic mass is 10.2. The van der Waals surface area contributed by atoms with Crippen molar-refractivity contribution in [2.45, 2.75) is 19.7 Å². The Hall–Kier alpha value is -1.90. The van der Waals surface area contributed by atoms with Crippen molar-refractivity contribution in [3.63, 3.8) is 0 Å². The second-order valence-electron chi connectivity index (χ2n) is 5.64. The number of morpholine rings is 1. The summed E-state index contributed by atoms with van der Waals surface area (Å²) in [6.45, 7) is 5.34. The zero-order chi connectivity index (χ0) is 15.8. The summed E-state index contributed by atoms with van der Waals surface area (Å²) in [5.74, 6) is 1.91. The van der Waals surface area contributed by atoms with E-state index in [1.54, 1.807) is 4.68 Å². The van der Waals surface area contributed by atoms with Gasteiger partial charge in [0.1, 0.15) is 0 Å².